The Morgan fingerprint density at radius 1 is 1.17 bits per heavy atom. The zero-order chi connectivity index (χ0) is 20.8. The minimum absolute atomic E-state index is 0.131. The average molecular weight is 394 g/mol. The maximum absolute atomic E-state index is 13.0. The summed E-state index contributed by atoms with van der Waals surface area (Å²) in [6, 6.07) is 16.8. The first-order valence-corrected chi connectivity index (χ1v) is 9.44. The summed E-state index contributed by atoms with van der Waals surface area (Å²) in [5.41, 5.74) is 8.74. The molecule has 3 aromatic rings. The van der Waals surface area contributed by atoms with Crippen LogP contribution in [0, 0.1) is 0 Å². The van der Waals surface area contributed by atoms with Crippen LogP contribution in [0.3, 0.4) is 0 Å². The van der Waals surface area contributed by atoms with Crippen LogP contribution in [0.1, 0.15) is 29.0 Å². The summed E-state index contributed by atoms with van der Waals surface area (Å²) in [6.45, 7) is 2.67. The lowest BCUT2D eigenvalue weighted by Gasteiger charge is -2.24. The fraction of sp³-hybridized carbons (Fsp3) is 0.273. The van der Waals surface area contributed by atoms with E-state index in [0.717, 1.165) is 17.0 Å². The van der Waals surface area contributed by atoms with E-state index in [0.29, 0.717) is 30.2 Å². The van der Waals surface area contributed by atoms with Gasteiger partial charge >= 0.3 is 0 Å². The molecule has 0 saturated carbocycles. The number of aromatic nitrogens is 2. The van der Waals surface area contributed by atoms with Crippen LogP contribution in [-0.2, 0) is 0 Å². The normalized spacial score (nSPS) is 11.7. The standard InChI is InChI=1S/C22H26N4O3/c1-15(18-14-19(25-24-18)16-7-5-4-6-8-16)26(2)22(27)17-9-10-20(28-3)21(13-17)29-12-11-23/h4-10,13-15H,11-12,23H2,1-3H3,(H,24,25)/t15-/m1/s1. The van der Waals surface area contributed by atoms with Crippen LogP contribution in [0.15, 0.2) is 54.6 Å². The van der Waals surface area contributed by atoms with Crippen molar-refractivity contribution < 1.29 is 14.3 Å². The second kappa shape index (κ2) is 9.25. The lowest BCUT2D eigenvalue weighted by atomic mass is 10.1. The summed E-state index contributed by atoms with van der Waals surface area (Å²) in [6.07, 6.45) is 0. The highest BCUT2D eigenvalue weighted by molar-refractivity contribution is 5.95. The fourth-order valence-corrected chi connectivity index (χ4v) is 2.99. The van der Waals surface area contributed by atoms with Crippen molar-refractivity contribution in [2.75, 3.05) is 27.3 Å². The van der Waals surface area contributed by atoms with Crippen LogP contribution in [0.25, 0.3) is 11.3 Å². The number of benzene rings is 2. The summed E-state index contributed by atoms with van der Waals surface area (Å²) >= 11 is 0. The fourth-order valence-electron chi connectivity index (χ4n) is 2.99. The van der Waals surface area contributed by atoms with Crippen LogP contribution in [0.2, 0.25) is 0 Å². The Morgan fingerprint density at radius 2 is 1.93 bits per heavy atom. The maximum Gasteiger partial charge on any atom is 0.254 e. The quantitative estimate of drug-likeness (QED) is 0.612. The lowest BCUT2D eigenvalue weighted by molar-refractivity contribution is 0.0739. The van der Waals surface area contributed by atoms with Gasteiger partial charge in [-0.05, 0) is 31.2 Å². The lowest BCUT2D eigenvalue weighted by Crippen LogP contribution is -2.30. The van der Waals surface area contributed by atoms with Crippen LogP contribution in [-0.4, -0.2) is 48.3 Å². The number of hydrogen-bond donors (Lipinski definition) is 2. The molecule has 3 N–H and O–H groups in total. The number of nitrogens with zero attached hydrogens (tertiary/aromatic N) is 2. The average Bonchev–Trinajstić information content (AvgIpc) is 3.26. The van der Waals surface area contributed by atoms with Crippen molar-refractivity contribution in [3.63, 3.8) is 0 Å². The van der Waals surface area contributed by atoms with Gasteiger partial charge in [-0.1, -0.05) is 30.3 Å². The first kappa shape index (κ1) is 20.4. The molecule has 0 aliphatic heterocycles. The number of rotatable bonds is 8. The van der Waals surface area contributed by atoms with E-state index in [1.165, 1.54) is 0 Å². The van der Waals surface area contributed by atoms with E-state index in [1.807, 2.05) is 43.3 Å². The van der Waals surface area contributed by atoms with Gasteiger partial charge in [-0.3, -0.25) is 9.89 Å². The molecule has 0 aliphatic rings. The molecular formula is C22H26N4O3. The van der Waals surface area contributed by atoms with Gasteiger partial charge in [0.2, 0.25) is 0 Å². The van der Waals surface area contributed by atoms with Crippen molar-refractivity contribution >= 4 is 5.91 Å². The number of ether oxygens (including phenoxy) is 2. The third-order valence-corrected chi connectivity index (χ3v) is 4.80. The Kier molecular flexibility index (Phi) is 6.51. The molecule has 3 rings (SSSR count). The topological polar surface area (TPSA) is 93.5 Å². The Balaban J connectivity index is 1.78. The molecule has 0 unspecified atom stereocenters. The van der Waals surface area contributed by atoms with E-state index in [9.17, 15) is 4.79 Å². The molecular weight excluding hydrogens is 368 g/mol. The molecule has 0 radical (unpaired) electrons. The Bertz CT molecular complexity index is 956. The molecule has 0 saturated heterocycles. The zero-order valence-corrected chi connectivity index (χ0v) is 16.9. The predicted molar refractivity (Wildman–Crippen MR) is 112 cm³/mol. The van der Waals surface area contributed by atoms with Gasteiger partial charge in [-0.25, -0.2) is 0 Å². The maximum atomic E-state index is 13.0. The number of carbonyl (C=O) groups is 1. The van der Waals surface area contributed by atoms with Crippen molar-refractivity contribution in [2.45, 2.75) is 13.0 Å². The molecule has 7 nitrogen and oxygen atoms in total. The summed E-state index contributed by atoms with van der Waals surface area (Å²) in [5.74, 6) is 0.929. The van der Waals surface area contributed by atoms with Crippen molar-refractivity contribution in [1.29, 1.82) is 0 Å². The third-order valence-electron chi connectivity index (χ3n) is 4.80. The molecule has 0 spiro atoms. The molecule has 0 fully saturated rings. The molecule has 1 aromatic heterocycles. The molecule has 2 aromatic carbocycles. The highest BCUT2D eigenvalue weighted by atomic mass is 16.5. The monoisotopic (exact) mass is 394 g/mol. The van der Waals surface area contributed by atoms with Gasteiger partial charge in [0, 0.05) is 24.7 Å². The van der Waals surface area contributed by atoms with Gasteiger partial charge in [-0.2, -0.15) is 5.10 Å². The highest BCUT2D eigenvalue weighted by Crippen LogP contribution is 2.30. The number of carbonyl (C=O) groups excluding carboxylic acids is 1. The van der Waals surface area contributed by atoms with Gasteiger partial charge in [0.15, 0.2) is 11.5 Å². The van der Waals surface area contributed by atoms with Gasteiger partial charge in [0.25, 0.3) is 5.91 Å². The van der Waals surface area contributed by atoms with Gasteiger partial charge < -0.3 is 20.1 Å². The van der Waals surface area contributed by atoms with Gasteiger partial charge in [0.1, 0.15) is 6.61 Å². The van der Waals surface area contributed by atoms with Crippen molar-refractivity contribution in [3.05, 3.63) is 65.9 Å². The molecule has 152 valence electrons. The third kappa shape index (κ3) is 4.57. The second-order valence-electron chi connectivity index (χ2n) is 6.67. The van der Waals surface area contributed by atoms with Crippen LogP contribution < -0.4 is 15.2 Å². The van der Waals surface area contributed by atoms with E-state index in [1.54, 1.807) is 37.3 Å². The van der Waals surface area contributed by atoms with Gasteiger partial charge in [0.05, 0.1) is 24.5 Å². The van der Waals surface area contributed by atoms with Crippen molar-refractivity contribution in [1.82, 2.24) is 15.1 Å². The zero-order valence-electron chi connectivity index (χ0n) is 16.9. The van der Waals surface area contributed by atoms with Crippen molar-refractivity contribution in [2.24, 2.45) is 5.73 Å². The summed E-state index contributed by atoms with van der Waals surface area (Å²) in [7, 11) is 3.32. The number of nitrogens with two attached hydrogens (primary N) is 1. The van der Waals surface area contributed by atoms with Crippen LogP contribution in [0.5, 0.6) is 11.5 Å². The summed E-state index contributed by atoms with van der Waals surface area (Å²) in [4.78, 5) is 14.7. The SMILES string of the molecule is COc1ccc(C(=O)N(C)[C@H](C)c2cc(-c3ccccc3)n[nH]2)cc1OCCN. The minimum Gasteiger partial charge on any atom is -0.493 e. The molecule has 7 heteroatoms. The molecule has 29 heavy (non-hydrogen) atoms. The predicted octanol–water partition coefficient (Wildman–Crippen LogP) is 3.26. The van der Waals surface area contributed by atoms with Crippen LogP contribution in [0.4, 0.5) is 0 Å². The number of methoxy groups -OCH3 is 1. The number of amides is 1. The highest BCUT2D eigenvalue weighted by Gasteiger charge is 2.22. The number of hydrogen-bond acceptors (Lipinski definition) is 5. The first-order valence-electron chi connectivity index (χ1n) is 9.44. The molecule has 1 amide bonds. The van der Waals surface area contributed by atoms with E-state index in [2.05, 4.69) is 10.2 Å². The van der Waals surface area contributed by atoms with E-state index in [-0.39, 0.29) is 11.9 Å². The van der Waals surface area contributed by atoms with E-state index in [4.69, 9.17) is 15.2 Å². The molecule has 1 heterocycles. The van der Waals surface area contributed by atoms with Crippen molar-refractivity contribution in [3.8, 4) is 22.8 Å². The van der Waals surface area contributed by atoms with E-state index < -0.39 is 0 Å². The second-order valence-corrected chi connectivity index (χ2v) is 6.67. The first-order chi connectivity index (χ1) is 14.0. The Hall–Kier alpha value is -3.32. The minimum atomic E-state index is -0.192. The number of nitrogens with one attached hydrogen (secondary N) is 1. The summed E-state index contributed by atoms with van der Waals surface area (Å²) < 4.78 is 10.9. The number of H-pyrrole nitrogens is 1. The molecule has 1 atom stereocenters. The smallest absolute Gasteiger partial charge is 0.254 e. The number of aromatic amines is 1. The summed E-state index contributed by atoms with van der Waals surface area (Å²) in [5, 5.41) is 7.43. The molecule has 0 aliphatic carbocycles. The Labute approximate surface area is 170 Å². The van der Waals surface area contributed by atoms with Crippen LogP contribution >= 0.6 is 0 Å². The van der Waals surface area contributed by atoms with Gasteiger partial charge in [-0.15, -0.1) is 0 Å². The molecule has 0 bridgehead atoms. The largest absolute Gasteiger partial charge is 0.493 e. The Morgan fingerprint density at radius 3 is 2.62 bits per heavy atom. The van der Waals surface area contributed by atoms with E-state index >= 15 is 0 Å².